The van der Waals surface area contributed by atoms with Gasteiger partial charge in [-0.1, -0.05) is 0 Å². The van der Waals surface area contributed by atoms with Crippen LogP contribution in [0.25, 0.3) is 11.0 Å². The van der Waals surface area contributed by atoms with E-state index in [0.29, 0.717) is 11.4 Å². The van der Waals surface area contributed by atoms with Crippen LogP contribution in [0.2, 0.25) is 0 Å². The lowest BCUT2D eigenvalue weighted by Gasteiger charge is -2.33. The zero-order valence-corrected chi connectivity index (χ0v) is 11.4. The third-order valence-corrected chi connectivity index (χ3v) is 4.06. The van der Waals surface area contributed by atoms with E-state index in [1.54, 1.807) is 6.07 Å². The second kappa shape index (κ2) is 5.65. The summed E-state index contributed by atoms with van der Waals surface area (Å²) in [5.41, 5.74) is 1.35. The number of aliphatic hydroxyl groups is 1. The number of anilines is 1. The van der Waals surface area contributed by atoms with Crippen LogP contribution in [-0.4, -0.2) is 40.0 Å². The SMILES string of the molecule is O=[N+]([O-])c1ccc(N2CCC(CCO)CC2)c2nonc12. The molecule has 8 nitrogen and oxygen atoms in total. The number of nitrogens with zero attached hydrogens (tertiary/aromatic N) is 4. The lowest BCUT2D eigenvalue weighted by molar-refractivity contribution is -0.383. The molecule has 1 N–H and O–H groups in total. The highest BCUT2D eigenvalue weighted by Gasteiger charge is 2.25. The Morgan fingerprint density at radius 3 is 2.71 bits per heavy atom. The number of aromatic nitrogens is 2. The summed E-state index contributed by atoms with van der Waals surface area (Å²) < 4.78 is 4.68. The van der Waals surface area contributed by atoms with E-state index in [1.807, 2.05) is 0 Å². The van der Waals surface area contributed by atoms with Crippen molar-refractivity contribution in [3.8, 4) is 0 Å². The van der Waals surface area contributed by atoms with Gasteiger partial charge in [0.2, 0.25) is 5.52 Å². The van der Waals surface area contributed by atoms with Crippen LogP contribution in [-0.2, 0) is 0 Å². The van der Waals surface area contributed by atoms with Crippen LogP contribution in [0.5, 0.6) is 0 Å². The largest absolute Gasteiger partial charge is 0.396 e. The molecule has 8 heteroatoms. The van der Waals surface area contributed by atoms with E-state index in [2.05, 4.69) is 19.8 Å². The number of hydrogen-bond acceptors (Lipinski definition) is 7. The average molecular weight is 292 g/mol. The Bertz CT molecular complexity index is 649. The van der Waals surface area contributed by atoms with E-state index in [9.17, 15) is 10.1 Å². The molecule has 0 unspecified atom stereocenters. The van der Waals surface area contributed by atoms with Gasteiger partial charge in [-0.15, -0.1) is 0 Å². The quantitative estimate of drug-likeness (QED) is 0.675. The number of piperidine rings is 1. The van der Waals surface area contributed by atoms with Gasteiger partial charge in [0.25, 0.3) is 0 Å². The van der Waals surface area contributed by atoms with Crippen LogP contribution >= 0.6 is 0 Å². The maximum Gasteiger partial charge on any atom is 0.300 e. The highest BCUT2D eigenvalue weighted by molar-refractivity contribution is 5.93. The number of nitro groups is 1. The Morgan fingerprint density at radius 2 is 2.05 bits per heavy atom. The summed E-state index contributed by atoms with van der Waals surface area (Å²) in [7, 11) is 0. The monoisotopic (exact) mass is 292 g/mol. The molecular formula is C13H16N4O4. The summed E-state index contributed by atoms with van der Waals surface area (Å²) >= 11 is 0. The lowest BCUT2D eigenvalue weighted by Crippen LogP contribution is -2.34. The molecule has 1 fully saturated rings. The first-order valence-corrected chi connectivity index (χ1v) is 6.96. The van der Waals surface area contributed by atoms with E-state index in [4.69, 9.17) is 5.11 Å². The molecule has 2 aromatic rings. The van der Waals surface area contributed by atoms with Crippen molar-refractivity contribution in [1.82, 2.24) is 10.3 Å². The van der Waals surface area contributed by atoms with Crippen molar-refractivity contribution >= 4 is 22.4 Å². The van der Waals surface area contributed by atoms with Gasteiger partial charge in [-0.2, -0.15) is 0 Å². The second-order valence-corrected chi connectivity index (χ2v) is 5.27. The summed E-state index contributed by atoms with van der Waals surface area (Å²) in [4.78, 5) is 12.6. The van der Waals surface area contributed by atoms with E-state index in [1.165, 1.54) is 6.07 Å². The van der Waals surface area contributed by atoms with Crippen LogP contribution in [0, 0.1) is 16.0 Å². The molecule has 1 aromatic carbocycles. The molecule has 0 amide bonds. The zero-order valence-electron chi connectivity index (χ0n) is 11.4. The van der Waals surface area contributed by atoms with E-state index in [-0.39, 0.29) is 17.8 Å². The molecule has 1 saturated heterocycles. The van der Waals surface area contributed by atoms with Crippen molar-refractivity contribution in [3.63, 3.8) is 0 Å². The van der Waals surface area contributed by atoms with Gasteiger partial charge < -0.3 is 10.0 Å². The number of aliphatic hydroxyl groups excluding tert-OH is 1. The molecule has 0 spiro atoms. The molecule has 1 aliphatic rings. The molecule has 1 aliphatic heterocycles. The Labute approximate surface area is 120 Å². The van der Waals surface area contributed by atoms with Crippen molar-refractivity contribution in [2.24, 2.45) is 5.92 Å². The predicted molar refractivity (Wildman–Crippen MR) is 75.1 cm³/mol. The molecule has 21 heavy (non-hydrogen) atoms. The number of nitro benzene ring substituents is 1. The van der Waals surface area contributed by atoms with Gasteiger partial charge >= 0.3 is 5.69 Å². The summed E-state index contributed by atoms with van der Waals surface area (Å²) in [6, 6.07) is 3.15. The summed E-state index contributed by atoms with van der Waals surface area (Å²) in [5.74, 6) is 0.537. The molecule has 0 radical (unpaired) electrons. The minimum Gasteiger partial charge on any atom is -0.396 e. The molecule has 0 saturated carbocycles. The maximum absolute atomic E-state index is 11.0. The highest BCUT2D eigenvalue weighted by atomic mass is 16.6. The summed E-state index contributed by atoms with van der Waals surface area (Å²) in [6.07, 6.45) is 2.81. The molecule has 1 aromatic heterocycles. The van der Waals surface area contributed by atoms with Gasteiger partial charge in [-0.05, 0) is 41.6 Å². The fraction of sp³-hybridized carbons (Fsp3) is 0.538. The normalized spacial score (nSPS) is 16.5. The fourth-order valence-electron chi connectivity index (χ4n) is 2.89. The molecule has 3 rings (SSSR count). The van der Waals surface area contributed by atoms with Crippen LogP contribution in [0.15, 0.2) is 16.8 Å². The lowest BCUT2D eigenvalue weighted by atomic mass is 9.93. The van der Waals surface area contributed by atoms with Gasteiger partial charge in [0.15, 0.2) is 5.52 Å². The smallest absolute Gasteiger partial charge is 0.300 e. The molecular weight excluding hydrogens is 276 g/mol. The molecule has 0 bridgehead atoms. The third-order valence-electron chi connectivity index (χ3n) is 4.06. The van der Waals surface area contributed by atoms with Crippen LogP contribution in [0.4, 0.5) is 11.4 Å². The van der Waals surface area contributed by atoms with Crippen LogP contribution in [0.3, 0.4) is 0 Å². The molecule has 0 atom stereocenters. The number of fused-ring (bicyclic) bond motifs is 1. The number of rotatable bonds is 4. The first kappa shape index (κ1) is 13.7. The van der Waals surface area contributed by atoms with Crippen molar-refractivity contribution in [3.05, 3.63) is 22.2 Å². The maximum atomic E-state index is 11.0. The Morgan fingerprint density at radius 1 is 1.33 bits per heavy atom. The standard InChI is InChI=1S/C13H16N4O4/c18-8-5-9-3-6-16(7-4-9)10-1-2-11(17(19)20)13-12(10)14-21-15-13/h1-2,9,18H,3-8H2. The summed E-state index contributed by atoms with van der Waals surface area (Å²) in [5, 5.41) is 27.4. The van der Waals surface area contributed by atoms with Crippen molar-refractivity contribution in [2.75, 3.05) is 24.6 Å². The number of benzene rings is 1. The van der Waals surface area contributed by atoms with Gasteiger partial charge in [0, 0.05) is 25.8 Å². The molecule has 2 heterocycles. The van der Waals surface area contributed by atoms with Gasteiger partial charge in [-0.25, -0.2) is 4.63 Å². The van der Waals surface area contributed by atoms with Crippen molar-refractivity contribution in [1.29, 1.82) is 0 Å². The number of non-ortho nitro benzene ring substituents is 1. The van der Waals surface area contributed by atoms with Crippen LogP contribution in [0.1, 0.15) is 19.3 Å². The summed E-state index contributed by atoms with van der Waals surface area (Å²) in [6.45, 7) is 1.90. The topological polar surface area (TPSA) is 106 Å². The van der Waals surface area contributed by atoms with Crippen molar-refractivity contribution < 1.29 is 14.7 Å². The predicted octanol–water partition coefficient (Wildman–Crippen LogP) is 1.73. The number of hydrogen-bond donors (Lipinski definition) is 1. The van der Waals surface area contributed by atoms with Crippen LogP contribution < -0.4 is 4.90 Å². The minimum atomic E-state index is -0.482. The van der Waals surface area contributed by atoms with E-state index < -0.39 is 4.92 Å². The molecule has 112 valence electrons. The Hall–Kier alpha value is -2.22. The van der Waals surface area contributed by atoms with Gasteiger partial charge in [0.05, 0.1) is 10.6 Å². The van der Waals surface area contributed by atoms with E-state index >= 15 is 0 Å². The van der Waals surface area contributed by atoms with Gasteiger partial charge in [0.1, 0.15) is 0 Å². The Kier molecular flexibility index (Phi) is 3.70. The van der Waals surface area contributed by atoms with Crippen molar-refractivity contribution in [2.45, 2.75) is 19.3 Å². The highest BCUT2D eigenvalue weighted by Crippen LogP contribution is 2.33. The van der Waals surface area contributed by atoms with E-state index in [0.717, 1.165) is 38.0 Å². The Balaban J connectivity index is 1.87. The molecule has 0 aliphatic carbocycles. The minimum absolute atomic E-state index is 0.0924. The van der Waals surface area contributed by atoms with Gasteiger partial charge in [-0.3, -0.25) is 10.1 Å². The zero-order chi connectivity index (χ0) is 14.8. The average Bonchev–Trinajstić information content (AvgIpc) is 2.96. The second-order valence-electron chi connectivity index (χ2n) is 5.27. The first-order chi connectivity index (χ1) is 10.2. The first-order valence-electron chi connectivity index (χ1n) is 6.96. The third kappa shape index (κ3) is 2.54. The fourth-order valence-corrected chi connectivity index (χ4v) is 2.89.